The van der Waals surface area contributed by atoms with Gasteiger partial charge in [0.1, 0.15) is 11.6 Å². The summed E-state index contributed by atoms with van der Waals surface area (Å²) in [4.78, 5) is 35.3. The van der Waals surface area contributed by atoms with Gasteiger partial charge in [0.2, 0.25) is 0 Å². The Balaban J connectivity index is 2.71. The van der Waals surface area contributed by atoms with E-state index < -0.39 is 26.8 Å². The highest BCUT2D eigenvalue weighted by atomic mass is 31.2. The topological polar surface area (TPSA) is 127 Å². The highest BCUT2D eigenvalue weighted by molar-refractivity contribution is 7.53. The Morgan fingerprint density at radius 3 is 1.57 bits per heavy atom. The lowest BCUT2D eigenvalue weighted by molar-refractivity contribution is 0.293. The summed E-state index contributed by atoms with van der Waals surface area (Å²) in [7, 11) is -8.60. The number of nitrogens with one attached hydrogen (secondary N) is 1. The van der Waals surface area contributed by atoms with Crippen LogP contribution in [0.2, 0.25) is 0 Å². The van der Waals surface area contributed by atoms with Crippen LogP contribution in [0.3, 0.4) is 0 Å². The number of rotatable bonds is 2. The Labute approximate surface area is 80.8 Å². The van der Waals surface area contributed by atoms with Crippen LogP contribution in [0.15, 0.2) is 0 Å². The molecule has 0 aromatic rings. The van der Waals surface area contributed by atoms with Gasteiger partial charge in [-0.05, 0) is 19.3 Å². The second-order valence-electron chi connectivity index (χ2n) is 3.31. The van der Waals surface area contributed by atoms with E-state index >= 15 is 0 Å². The van der Waals surface area contributed by atoms with E-state index in [4.69, 9.17) is 19.6 Å². The minimum Gasteiger partial charge on any atom is -0.323 e. The molecule has 1 rings (SSSR count). The van der Waals surface area contributed by atoms with Crippen LogP contribution in [-0.2, 0) is 9.13 Å². The summed E-state index contributed by atoms with van der Waals surface area (Å²) in [6, 6.07) is 0. The van der Waals surface area contributed by atoms with Crippen LogP contribution < -0.4 is 5.32 Å². The first-order valence-electron chi connectivity index (χ1n) is 4.08. The van der Waals surface area contributed by atoms with Gasteiger partial charge in [0.15, 0.2) is 0 Å². The molecule has 2 unspecified atom stereocenters. The molecule has 9 heteroatoms. The van der Waals surface area contributed by atoms with Crippen molar-refractivity contribution in [2.24, 2.45) is 0 Å². The van der Waals surface area contributed by atoms with E-state index in [2.05, 4.69) is 5.32 Å². The minimum absolute atomic E-state index is 0.237. The Hall–Kier alpha value is 0.260. The van der Waals surface area contributed by atoms with Crippen molar-refractivity contribution in [3.8, 4) is 0 Å². The predicted octanol–water partition coefficient (Wildman–Crippen LogP) is -0.233. The monoisotopic (exact) mass is 245 g/mol. The van der Waals surface area contributed by atoms with Crippen molar-refractivity contribution in [3.63, 3.8) is 0 Å². The molecule has 1 heterocycles. The molecule has 0 spiro atoms. The number of piperidine rings is 1. The first kappa shape index (κ1) is 12.3. The maximum atomic E-state index is 10.8. The average molecular weight is 245 g/mol. The van der Waals surface area contributed by atoms with Gasteiger partial charge in [0.25, 0.3) is 0 Å². The maximum absolute atomic E-state index is 10.8. The molecule has 0 aromatic carbocycles. The summed E-state index contributed by atoms with van der Waals surface area (Å²) in [6.45, 7) is 0. The van der Waals surface area contributed by atoms with Gasteiger partial charge >= 0.3 is 15.2 Å². The third-order valence-corrected chi connectivity index (χ3v) is 4.59. The van der Waals surface area contributed by atoms with Crippen molar-refractivity contribution in [1.29, 1.82) is 0 Å². The molecule has 0 bridgehead atoms. The standard InChI is InChI=1S/C5H13NO6P2/c7-13(8,9)4-2-1-3-5(6-4)14(10,11)12/h4-6H,1-3H2,(H2,7,8,9)(H2,10,11,12). The molecule has 1 fully saturated rings. The summed E-state index contributed by atoms with van der Waals surface area (Å²) < 4.78 is 21.7. The highest BCUT2D eigenvalue weighted by Crippen LogP contribution is 2.50. The fourth-order valence-electron chi connectivity index (χ4n) is 1.42. The molecule has 0 aromatic heterocycles. The van der Waals surface area contributed by atoms with Crippen molar-refractivity contribution in [2.75, 3.05) is 0 Å². The Morgan fingerprint density at radius 1 is 0.929 bits per heavy atom. The highest BCUT2D eigenvalue weighted by Gasteiger charge is 2.39. The van der Waals surface area contributed by atoms with E-state index in [0.29, 0.717) is 6.42 Å². The smallest absolute Gasteiger partial charge is 0.323 e. The lowest BCUT2D eigenvalue weighted by Crippen LogP contribution is -2.41. The van der Waals surface area contributed by atoms with Crippen molar-refractivity contribution in [1.82, 2.24) is 5.32 Å². The molecule has 1 aliphatic rings. The van der Waals surface area contributed by atoms with Crippen LogP contribution >= 0.6 is 15.2 Å². The second kappa shape index (κ2) is 4.02. The van der Waals surface area contributed by atoms with E-state index in [9.17, 15) is 9.13 Å². The quantitative estimate of drug-likeness (QED) is 0.425. The van der Waals surface area contributed by atoms with Crippen molar-refractivity contribution >= 4 is 15.2 Å². The Kier molecular flexibility index (Phi) is 3.54. The summed E-state index contributed by atoms with van der Waals surface area (Å²) in [5.74, 6) is -2.26. The fraction of sp³-hybridized carbons (Fsp3) is 1.00. The first-order chi connectivity index (χ1) is 6.21. The van der Waals surface area contributed by atoms with Gasteiger partial charge in [-0.25, -0.2) is 0 Å². The van der Waals surface area contributed by atoms with Gasteiger partial charge in [-0.15, -0.1) is 0 Å². The molecule has 2 atom stereocenters. The first-order valence-corrected chi connectivity index (χ1v) is 7.44. The number of hydrogen-bond acceptors (Lipinski definition) is 3. The van der Waals surface area contributed by atoms with Gasteiger partial charge in [0, 0.05) is 0 Å². The summed E-state index contributed by atoms with van der Waals surface area (Å²) >= 11 is 0. The lowest BCUT2D eigenvalue weighted by Gasteiger charge is -2.31. The zero-order valence-electron chi connectivity index (χ0n) is 7.28. The Bertz CT molecular complexity index is 267. The van der Waals surface area contributed by atoms with E-state index in [1.54, 1.807) is 0 Å². The van der Waals surface area contributed by atoms with Gasteiger partial charge in [-0.3, -0.25) is 14.4 Å². The normalized spacial score (nSPS) is 30.3. The van der Waals surface area contributed by atoms with Gasteiger partial charge in [-0.1, -0.05) is 0 Å². The Morgan fingerprint density at radius 2 is 1.29 bits per heavy atom. The van der Waals surface area contributed by atoms with E-state index in [-0.39, 0.29) is 12.8 Å². The molecule has 5 N–H and O–H groups in total. The molecule has 0 amide bonds. The molecule has 84 valence electrons. The second-order valence-corrected chi connectivity index (χ2v) is 6.91. The molecule has 1 aliphatic heterocycles. The summed E-state index contributed by atoms with van der Waals surface area (Å²) in [5, 5.41) is 2.31. The molecular weight excluding hydrogens is 232 g/mol. The number of hydrogen-bond donors (Lipinski definition) is 5. The van der Waals surface area contributed by atoms with Gasteiger partial charge in [-0.2, -0.15) is 0 Å². The van der Waals surface area contributed by atoms with E-state index in [1.165, 1.54) is 0 Å². The molecule has 0 radical (unpaired) electrons. The van der Waals surface area contributed by atoms with Crippen LogP contribution in [-0.4, -0.2) is 31.1 Å². The molecule has 0 aliphatic carbocycles. The van der Waals surface area contributed by atoms with E-state index in [0.717, 1.165) is 0 Å². The zero-order chi connectivity index (χ0) is 11.0. The van der Waals surface area contributed by atoms with Crippen LogP contribution in [0, 0.1) is 0 Å². The third-order valence-electron chi connectivity index (χ3n) is 2.15. The lowest BCUT2D eigenvalue weighted by atomic mass is 10.2. The predicted molar refractivity (Wildman–Crippen MR) is 48.7 cm³/mol. The van der Waals surface area contributed by atoms with Crippen LogP contribution in [0.25, 0.3) is 0 Å². The average Bonchev–Trinajstić information content (AvgIpc) is 2.01. The molecule has 0 saturated carbocycles. The van der Waals surface area contributed by atoms with Gasteiger partial charge in [0.05, 0.1) is 0 Å². The van der Waals surface area contributed by atoms with Crippen molar-refractivity contribution < 1.29 is 28.7 Å². The van der Waals surface area contributed by atoms with Crippen LogP contribution in [0.1, 0.15) is 19.3 Å². The zero-order valence-corrected chi connectivity index (χ0v) is 9.06. The molecular formula is C5H13NO6P2. The largest absolute Gasteiger partial charge is 0.342 e. The van der Waals surface area contributed by atoms with Crippen LogP contribution in [0.4, 0.5) is 0 Å². The van der Waals surface area contributed by atoms with Gasteiger partial charge < -0.3 is 19.6 Å². The van der Waals surface area contributed by atoms with Crippen molar-refractivity contribution in [2.45, 2.75) is 30.8 Å². The van der Waals surface area contributed by atoms with E-state index in [1.807, 2.05) is 0 Å². The van der Waals surface area contributed by atoms with Crippen LogP contribution in [0.5, 0.6) is 0 Å². The molecule has 1 saturated heterocycles. The fourth-order valence-corrected chi connectivity index (χ4v) is 3.33. The third kappa shape index (κ3) is 3.14. The molecule has 14 heavy (non-hydrogen) atoms. The maximum Gasteiger partial charge on any atom is 0.342 e. The molecule has 7 nitrogen and oxygen atoms in total. The summed E-state index contributed by atoms with van der Waals surface area (Å²) in [6.07, 6.45) is 0.875. The SMILES string of the molecule is O=P(O)(O)C1CCCC(P(=O)(O)O)N1. The summed E-state index contributed by atoms with van der Waals surface area (Å²) in [5.41, 5.74) is 0. The minimum atomic E-state index is -4.30. The van der Waals surface area contributed by atoms with Crippen molar-refractivity contribution in [3.05, 3.63) is 0 Å².